The zero-order chi connectivity index (χ0) is 28.1. The lowest BCUT2D eigenvalue weighted by Crippen LogP contribution is -2.43. The number of fused-ring (bicyclic) bond motifs is 1. The van der Waals surface area contributed by atoms with Crippen molar-refractivity contribution in [3.63, 3.8) is 0 Å². The highest BCUT2D eigenvalue weighted by atomic mass is 32.2. The number of nitrogen functional groups attached to an aromatic ring is 1. The number of nitrogens with zero attached hydrogens (tertiary/aromatic N) is 5. The second kappa shape index (κ2) is 9.81. The first-order valence-corrected chi connectivity index (χ1v) is 14.8. The summed E-state index contributed by atoms with van der Waals surface area (Å²) in [6.07, 6.45) is 4.76. The second-order valence-corrected chi connectivity index (χ2v) is 12.7. The molecule has 6 rings (SSSR count). The number of aromatic nitrogens is 4. The van der Waals surface area contributed by atoms with Crippen molar-refractivity contribution in [3.8, 4) is 28.3 Å². The van der Waals surface area contributed by atoms with Crippen molar-refractivity contribution >= 4 is 27.0 Å². The van der Waals surface area contributed by atoms with Gasteiger partial charge in [-0.05, 0) is 72.9 Å². The average Bonchev–Trinajstić information content (AvgIpc) is 3.30. The maximum absolute atomic E-state index is 12.5. The van der Waals surface area contributed by atoms with E-state index in [4.69, 9.17) is 21.4 Å². The van der Waals surface area contributed by atoms with Gasteiger partial charge in [0.25, 0.3) is 0 Å². The van der Waals surface area contributed by atoms with Crippen molar-refractivity contribution < 1.29 is 8.42 Å². The molecule has 4 N–H and O–H groups in total. The molecule has 1 aliphatic carbocycles. The van der Waals surface area contributed by atoms with Gasteiger partial charge in [-0.2, -0.15) is 0 Å². The van der Waals surface area contributed by atoms with Crippen LogP contribution in [0, 0.1) is 0 Å². The molecule has 0 atom stereocenters. The summed E-state index contributed by atoms with van der Waals surface area (Å²) in [6, 6.07) is 23.2. The second-order valence-electron chi connectivity index (χ2n) is 10.5. The zero-order valence-electron chi connectivity index (χ0n) is 22.4. The van der Waals surface area contributed by atoms with Gasteiger partial charge in [0.05, 0.1) is 17.0 Å². The van der Waals surface area contributed by atoms with Crippen LogP contribution in [0.1, 0.15) is 30.4 Å². The summed E-state index contributed by atoms with van der Waals surface area (Å²) in [5, 5.41) is 0. The van der Waals surface area contributed by atoms with E-state index in [-0.39, 0.29) is 11.3 Å². The average molecular weight is 554 g/mol. The maximum atomic E-state index is 12.5. The lowest BCUT2D eigenvalue weighted by molar-refractivity contribution is 0.253. The number of anilines is 1. The Kier molecular flexibility index (Phi) is 6.41. The summed E-state index contributed by atoms with van der Waals surface area (Å²) in [5.41, 5.74) is 18.9. The molecule has 1 aliphatic rings. The van der Waals surface area contributed by atoms with Crippen LogP contribution in [0.2, 0.25) is 0 Å². The van der Waals surface area contributed by atoms with Crippen LogP contribution in [-0.2, 0) is 21.3 Å². The van der Waals surface area contributed by atoms with Crippen LogP contribution in [0.15, 0.2) is 79.0 Å². The van der Waals surface area contributed by atoms with Gasteiger partial charge in [0.1, 0.15) is 11.3 Å². The Morgan fingerprint density at radius 2 is 1.75 bits per heavy atom. The largest absolute Gasteiger partial charge is 0.383 e. The van der Waals surface area contributed by atoms with Gasteiger partial charge in [-0.1, -0.05) is 30.3 Å². The minimum absolute atomic E-state index is 0.0898. The highest BCUT2D eigenvalue weighted by molar-refractivity contribution is 7.88. The molecule has 0 radical (unpaired) electrons. The number of hydrogen-bond donors (Lipinski definition) is 2. The summed E-state index contributed by atoms with van der Waals surface area (Å²) in [7, 11) is -0.326. The van der Waals surface area contributed by atoms with E-state index in [9.17, 15) is 8.42 Å². The van der Waals surface area contributed by atoms with Crippen molar-refractivity contribution in [2.45, 2.75) is 30.6 Å². The number of sulfonamides is 1. The molecule has 0 saturated heterocycles. The SMILES string of the molecule is CN(C)S(=O)(=O)Cc1cccc(-c2ccc3nc(-c4cccnc4N)n(-c4ccc(C5(N)CCC5)cc4)c3n2)c1. The summed E-state index contributed by atoms with van der Waals surface area (Å²) in [4.78, 5) is 14.2. The number of benzene rings is 2. The number of nitrogens with two attached hydrogens (primary N) is 2. The fraction of sp³-hybridized carbons (Fsp3) is 0.233. The van der Waals surface area contributed by atoms with Crippen LogP contribution in [0.3, 0.4) is 0 Å². The highest BCUT2D eigenvalue weighted by Gasteiger charge is 2.34. The van der Waals surface area contributed by atoms with Gasteiger partial charge in [0, 0.05) is 37.1 Å². The van der Waals surface area contributed by atoms with Gasteiger partial charge >= 0.3 is 0 Å². The summed E-state index contributed by atoms with van der Waals surface area (Å²) < 4.78 is 28.2. The number of pyridine rings is 2. The molecule has 0 bridgehead atoms. The standard InChI is InChI=1S/C30H31N7O2S/c1-36(2)40(38,39)19-20-6-3-7-21(18-20)25-13-14-26-29(34-25)37(28(35-26)24-8-4-17-33-27(24)31)23-11-9-22(10-12-23)30(32)15-5-16-30/h3-4,6-14,17-18H,5,15-16,19,32H2,1-2H3,(H2,31,33). The molecule has 3 aromatic heterocycles. The van der Waals surface area contributed by atoms with E-state index >= 15 is 0 Å². The molecule has 3 heterocycles. The number of rotatable bonds is 7. The third-order valence-electron chi connectivity index (χ3n) is 7.66. The summed E-state index contributed by atoms with van der Waals surface area (Å²) in [5.74, 6) is 0.920. The van der Waals surface area contributed by atoms with E-state index in [2.05, 4.69) is 17.1 Å². The monoisotopic (exact) mass is 553 g/mol. The maximum Gasteiger partial charge on any atom is 0.217 e. The third kappa shape index (κ3) is 4.64. The van der Waals surface area contributed by atoms with Gasteiger partial charge in [0.2, 0.25) is 10.0 Å². The number of hydrogen-bond acceptors (Lipinski definition) is 7. The minimum Gasteiger partial charge on any atom is -0.383 e. The molecule has 2 aromatic carbocycles. The van der Waals surface area contributed by atoms with Crippen molar-refractivity contribution in [1.82, 2.24) is 23.8 Å². The quantitative estimate of drug-likeness (QED) is 0.304. The Labute approximate surface area is 233 Å². The molecule has 1 saturated carbocycles. The van der Waals surface area contributed by atoms with Crippen LogP contribution in [0.5, 0.6) is 0 Å². The Balaban J connectivity index is 1.49. The van der Waals surface area contributed by atoms with Crippen LogP contribution < -0.4 is 11.5 Å². The molecule has 0 spiro atoms. The predicted octanol–water partition coefficient (Wildman–Crippen LogP) is 4.46. The lowest BCUT2D eigenvalue weighted by atomic mass is 9.73. The van der Waals surface area contributed by atoms with E-state index < -0.39 is 10.0 Å². The topological polar surface area (TPSA) is 133 Å². The highest BCUT2D eigenvalue weighted by Crippen LogP contribution is 2.39. The van der Waals surface area contributed by atoms with Crippen LogP contribution in [0.25, 0.3) is 39.5 Å². The molecule has 0 amide bonds. The van der Waals surface area contributed by atoms with E-state index in [0.717, 1.165) is 36.1 Å². The predicted molar refractivity (Wildman–Crippen MR) is 158 cm³/mol. The zero-order valence-corrected chi connectivity index (χ0v) is 23.3. The van der Waals surface area contributed by atoms with Crippen LogP contribution >= 0.6 is 0 Å². The fourth-order valence-corrected chi connectivity index (χ4v) is 5.96. The Bertz CT molecular complexity index is 1830. The van der Waals surface area contributed by atoms with Crippen molar-refractivity contribution in [2.75, 3.05) is 19.8 Å². The molecule has 0 unspecified atom stereocenters. The summed E-state index contributed by atoms with van der Waals surface area (Å²) >= 11 is 0. The number of imidazole rings is 1. The van der Waals surface area contributed by atoms with Gasteiger partial charge < -0.3 is 11.5 Å². The molecule has 0 aliphatic heterocycles. The Morgan fingerprint density at radius 1 is 0.975 bits per heavy atom. The van der Waals surface area contributed by atoms with Crippen molar-refractivity contribution in [3.05, 3.63) is 90.1 Å². The van der Waals surface area contributed by atoms with Gasteiger partial charge in [-0.15, -0.1) is 0 Å². The minimum atomic E-state index is -3.40. The van der Waals surface area contributed by atoms with E-state index in [1.807, 2.05) is 65.2 Å². The molecule has 10 heteroatoms. The molecular formula is C30H31N7O2S. The fourth-order valence-electron chi connectivity index (χ4n) is 5.10. The van der Waals surface area contributed by atoms with E-state index in [1.54, 1.807) is 6.20 Å². The smallest absolute Gasteiger partial charge is 0.217 e. The van der Waals surface area contributed by atoms with Gasteiger partial charge in [-0.3, -0.25) is 4.57 Å². The first-order chi connectivity index (χ1) is 19.1. The molecule has 5 aromatic rings. The molecule has 40 heavy (non-hydrogen) atoms. The Morgan fingerprint density at radius 3 is 2.42 bits per heavy atom. The van der Waals surface area contributed by atoms with Gasteiger partial charge in [-0.25, -0.2) is 27.7 Å². The van der Waals surface area contributed by atoms with E-state index in [1.165, 1.54) is 18.4 Å². The first kappa shape index (κ1) is 26.1. The lowest BCUT2D eigenvalue weighted by Gasteiger charge is -2.38. The molecule has 1 fully saturated rings. The van der Waals surface area contributed by atoms with Crippen LogP contribution in [0.4, 0.5) is 5.82 Å². The van der Waals surface area contributed by atoms with Crippen molar-refractivity contribution in [2.24, 2.45) is 5.73 Å². The van der Waals surface area contributed by atoms with Crippen molar-refractivity contribution in [1.29, 1.82) is 0 Å². The molecule has 9 nitrogen and oxygen atoms in total. The summed E-state index contributed by atoms with van der Waals surface area (Å²) in [6.45, 7) is 0. The van der Waals surface area contributed by atoms with Crippen LogP contribution in [-0.4, -0.2) is 46.3 Å². The van der Waals surface area contributed by atoms with E-state index in [0.29, 0.717) is 39.6 Å². The molecule has 204 valence electrons. The van der Waals surface area contributed by atoms with Gasteiger partial charge in [0.15, 0.2) is 11.5 Å². The Hall–Kier alpha value is -4.12. The molecular weight excluding hydrogens is 522 g/mol. The normalized spacial score (nSPS) is 14.9. The third-order valence-corrected chi connectivity index (χ3v) is 9.47. The first-order valence-electron chi connectivity index (χ1n) is 13.1.